The number of aryl methyl sites for hydroxylation is 1. The summed E-state index contributed by atoms with van der Waals surface area (Å²) in [5, 5.41) is 15.3. The number of benzene rings is 2. The van der Waals surface area contributed by atoms with Crippen molar-refractivity contribution in [3.8, 4) is 11.5 Å². The first-order valence-corrected chi connectivity index (χ1v) is 8.43. The van der Waals surface area contributed by atoms with Gasteiger partial charge in [0.1, 0.15) is 17.3 Å². The Labute approximate surface area is 162 Å². The van der Waals surface area contributed by atoms with E-state index in [9.17, 15) is 4.79 Å². The van der Waals surface area contributed by atoms with Crippen LogP contribution in [0.15, 0.2) is 48.5 Å². The van der Waals surface area contributed by atoms with Crippen molar-refractivity contribution in [1.29, 1.82) is 0 Å². The first kappa shape index (κ1) is 19.0. The molecule has 8 heteroatoms. The molecule has 3 aromatic rings. The Hall–Kier alpha value is -3.81. The second kappa shape index (κ2) is 8.26. The Morgan fingerprint density at radius 3 is 2.36 bits per heavy atom. The third kappa shape index (κ3) is 4.47. The van der Waals surface area contributed by atoms with Gasteiger partial charge in [0.2, 0.25) is 5.95 Å². The van der Waals surface area contributed by atoms with Crippen LogP contribution < -0.4 is 20.1 Å². The molecule has 1 heterocycles. The number of ether oxygens (including phenoxy) is 2. The Bertz CT molecular complexity index is 990. The molecule has 0 amide bonds. The lowest BCUT2D eigenvalue weighted by molar-refractivity contribution is 0.0697. The van der Waals surface area contributed by atoms with E-state index in [0.29, 0.717) is 29.0 Å². The van der Waals surface area contributed by atoms with E-state index >= 15 is 0 Å². The summed E-state index contributed by atoms with van der Waals surface area (Å²) in [6.45, 7) is 1.86. The average molecular weight is 380 g/mol. The van der Waals surface area contributed by atoms with Crippen LogP contribution in [0.1, 0.15) is 16.1 Å². The number of hydrogen-bond donors (Lipinski definition) is 3. The van der Waals surface area contributed by atoms with E-state index < -0.39 is 5.97 Å². The van der Waals surface area contributed by atoms with Crippen LogP contribution in [0.4, 0.5) is 23.1 Å². The second-order valence-corrected chi connectivity index (χ2v) is 5.92. The second-order valence-electron chi connectivity index (χ2n) is 5.92. The van der Waals surface area contributed by atoms with Gasteiger partial charge in [-0.15, -0.1) is 0 Å². The summed E-state index contributed by atoms with van der Waals surface area (Å²) in [7, 11) is 3.16. The SMILES string of the molecule is COc1ccc(Nc2nc(C)cc(Nc3ccc(C(=O)O)cc3)n2)c(OC)c1. The molecule has 0 bridgehead atoms. The van der Waals surface area contributed by atoms with E-state index in [-0.39, 0.29) is 5.56 Å². The van der Waals surface area contributed by atoms with Gasteiger partial charge in [0.15, 0.2) is 0 Å². The standard InChI is InChI=1S/C20H20N4O4/c1-12-10-18(22-14-6-4-13(5-7-14)19(25)26)24-20(21-12)23-16-9-8-15(27-2)11-17(16)28-3/h4-11H,1-3H3,(H,25,26)(H2,21,22,23,24). The summed E-state index contributed by atoms with van der Waals surface area (Å²) in [6, 6.07) is 13.6. The average Bonchev–Trinajstić information content (AvgIpc) is 2.68. The number of carboxylic acids is 1. The maximum absolute atomic E-state index is 11.0. The maximum atomic E-state index is 11.0. The van der Waals surface area contributed by atoms with Crippen LogP contribution in [0.5, 0.6) is 11.5 Å². The van der Waals surface area contributed by atoms with Gasteiger partial charge in [-0.1, -0.05) is 0 Å². The molecule has 0 spiro atoms. The highest BCUT2D eigenvalue weighted by Crippen LogP contribution is 2.31. The molecule has 0 saturated carbocycles. The quantitative estimate of drug-likeness (QED) is 0.565. The zero-order chi connectivity index (χ0) is 20.1. The molecule has 3 rings (SSSR count). The number of nitrogens with one attached hydrogen (secondary N) is 2. The predicted octanol–water partition coefficient (Wildman–Crippen LogP) is 3.99. The monoisotopic (exact) mass is 380 g/mol. The van der Waals surface area contributed by atoms with Crippen molar-refractivity contribution in [2.45, 2.75) is 6.92 Å². The lowest BCUT2D eigenvalue weighted by Gasteiger charge is -2.13. The third-order valence-corrected chi connectivity index (χ3v) is 3.91. The number of anilines is 4. The van der Waals surface area contributed by atoms with Crippen molar-refractivity contribution in [3.63, 3.8) is 0 Å². The Morgan fingerprint density at radius 2 is 1.71 bits per heavy atom. The largest absolute Gasteiger partial charge is 0.497 e. The normalized spacial score (nSPS) is 10.2. The molecule has 2 aromatic carbocycles. The van der Waals surface area contributed by atoms with Crippen molar-refractivity contribution in [3.05, 3.63) is 59.8 Å². The highest BCUT2D eigenvalue weighted by atomic mass is 16.5. The molecule has 28 heavy (non-hydrogen) atoms. The van der Waals surface area contributed by atoms with E-state index in [1.165, 1.54) is 12.1 Å². The fraction of sp³-hybridized carbons (Fsp3) is 0.150. The molecule has 144 valence electrons. The zero-order valence-electron chi connectivity index (χ0n) is 15.7. The molecule has 0 aliphatic heterocycles. The van der Waals surface area contributed by atoms with Gasteiger partial charge >= 0.3 is 5.97 Å². The minimum Gasteiger partial charge on any atom is -0.497 e. The highest BCUT2D eigenvalue weighted by molar-refractivity contribution is 5.88. The number of carbonyl (C=O) groups is 1. The third-order valence-electron chi connectivity index (χ3n) is 3.91. The number of methoxy groups -OCH3 is 2. The van der Waals surface area contributed by atoms with Gasteiger partial charge in [-0.3, -0.25) is 0 Å². The number of carboxylic acid groups (broad SMARTS) is 1. The van der Waals surface area contributed by atoms with Crippen LogP contribution in [0, 0.1) is 6.92 Å². The summed E-state index contributed by atoms with van der Waals surface area (Å²) in [5.74, 6) is 1.28. The minimum atomic E-state index is -0.968. The van der Waals surface area contributed by atoms with Crippen LogP contribution >= 0.6 is 0 Å². The van der Waals surface area contributed by atoms with Gasteiger partial charge in [-0.2, -0.15) is 4.98 Å². The van der Waals surface area contributed by atoms with Gasteiger partial charge in [-0.25, -0.2) is 9.78 Å². The van der Waals surface area contributed by atoms with E-state index in [4.69, 9.17) is 14.6 Å². The molecular weight excluding hydrogens is 360 g/mol. The fourth-order valence-electron chi connectivity index (χ4n) is 2.55. The molecule has 3 N–H and O–H groups in total. The van der Waals surface area contributed by atoms with E-state index in [1.807, 2.05) is 19.1 Å². The van der Waals surface area contributed by atoms with Crippen LogP contribution in [-0.2, 0) is 0 Å². The summed E-state index contributed by atoms with van der Waals surface area (Å²) in [4.78, 5) is 19.8. The zero-order valence-corrected chi connectivity index (χ0v) is 15.7. The lowest BCUT2D eigenvalue weighted by Crippen LogP contribution is -2.04. The van der Waals surface area contributed by atoms with Crippen LogP contribution in [0.2, 0.25) is 0 Å². The molecule has 0 atom stereocenters. The maximum Gasteiger partial charge on any atom is 0.335 e. The van der Waals surface area contributed by atoms with Crippen LogP contribution in [0.25, 0.3) is 0 Å². The number of nitrogens with zero attached hydrogens (tertiary/aromatic N) is 2. The molecular formula is C20H20N4O4. The van der Waals surface area contributed by atoms with Crippen molar-refractivity contribution in [2.24, 2.45) is 0 Å². The molecule has 8 nitrogen and oxygen atoms in total. The van der Waals surface area contributed by atoms with Crippen molar-refractivity contribution in [1.82, 2.24) is 9.97 Å². The lowest BCUT2D eigenvalue weighted by atomic mass is 10.2. The number of rotatable bonds is 7. The fourth-order valence-corrected chi connectivity index (χ4v) is 2.55. The Kier molecular flexibility index (Phi) is 5.59. The molecule has 0 fully saturated rings. The van der Waals surface area contributed by atoms with Crippen LogP contribution in [-0.4, -0.2) is 35.3 Å². The first-order valence-electron chi connectivity index (χ1n) is 8.43. The van der Waals surface area contributed by atoms with E-state index in [2.05, 4.69) is 20.6 Å². The van der Waals surface area contributed by atoms with Crippen LogP contribution in [0.3, 0.4) is 0 Å². The number of hydrogen-bond acceptors (Lipinski definition) is 7. The molecule has 0 unspecified atom stereocenters. The van der Waals surface area contributed by atoms with E-state index in [1.54, 1.807) is 38.5 Å². The van der Waals surface area contributed by atoms with Crippen molar-refractivity contribution in [2.75, 3.05) is 24.9 Å². The highest BCUT2D eigenvalue weighted by Gasteiger charge is 2.09. The van der Waals surface area contributed by atoms with Gasteiger partial charge in [0.05, 0.1) is 25.5 Å². The minimum absolute atomic E-state index is 0.221. The summed E-state index contributed by atoms with van der Waals surface area (Å²) < 4.78 is 10.6. The predicted molar refractivity (Wildman–Crippen MR) is 106 cm³/mol. The number of aromatic nitrogens is 2. The van der Waals surface area contributed by atoms with Gasteiger partial charge in [-0.05, 0) is 43.3 Å². The van der Waals surface area contributed by atoms with Gasteiger partial charge in [0.25, 0.3) is 0 Å². The number of aromatic carboxylic acids is 1. The molecule has 0 aliphatic rings. The first-order chi connectivity index (χ1) is 13.5. The van der Waals surface area contributed by atoms with E-state index in [0.717, 1.165) is 11.4 Å². The molecule has 0 saturated heterocycles. The Morgan fingerprint density at radius 1 is 0.964 bits per heavy atom. The van der Waals surface area contributed by atoms with Gasteiger partial charge < -0.3 is 25.2 Å². The van der Waals surface area contributed by atoms with Gasteiger partial charge in [0, 0.05) is 23.5 Å². The summed E-state index contributed by atoms with van der Waals surface area (Å²) in [5.41, 5.74) is 2.40. The van der Waals surface area contributed by atoms with Crippen molar-refractivity contribution >= 4 is 29.1 Å². The summed E-state index contributed by atoms with van der Waals surface area (Å²) in [6.07, 6.45) is 0. The smallest absolute Gasteiger partial charge is 0.335 e. The van der Waals surface area contributed by atoms with Crippen molar-refractivity contribution < 1.29 is 19.4 Å². The Balaban J connectivity index is 1.82. The summed E-state index contributed by atoms with van der Waals surface area (Å²) >= 11 is 0. The topological polar surface area (TPSA) is 106 Å². The molecule has 0 aliphatic carbocycles. The molecule has 0 radical (unpaired) electrons. The molecule has 1 aromatic heterocycles.